The number of carbonyl (C=O) groups is 1. The monoisotopic (exact) mass is 421 g/mol. The van der Waals surface area contributed by atoms with Crippen LogP contribution in [0, 0.1) is 0 Å². The second-order valence-corrected chi connectivity index (χ2v) is 10.1. The highest BCUT2D eigenvalue weighted by molar-refractivity contribution is 7.90. The second-order valence-electron chi connectivity index (χ2n) is 7.15. The highest BCUT2D eigenvalue weighted by Gasteiger charge is 2.23. The van der Waals surface area contributed by atoms with Gasteiger partial charge in [0.2, 0.25) is 0 Å². The molecule has 0 amide bonds. The van der Waals surface area contributed by atoms with Crippen LogP contribution in [0.2, 0.25) is 0 Å². The summed E-state index contributed by atoms with van der Waals surface area (Å²) in [4.78, 5) is 13.2. The summed E-state index contributed by atoms with van der Waals surface area (Å²) in [6.07, 6.45) is 3.52. The number of anilines is 1. The minimum atomic E-state index is -2.38. The van der Waals surface area contributed by atoms with Gasteiger partial charge in [-0.3, -0.25) is 4.79 Å². The topological polar surface area (TPSA) is 29.1 Å². The summed E-state index contributed by atoms with van der Waals surface area (Å²) in [6.45, 7) is 0. The van der Waals surface area contributed by atoms with Crippen molar-refractivity contribution < 1.29 is 4.79 Å². The number of allylic oxidation sites excluding steroid dienone is 1. The van der Waals surface area contributed by atoms with Gasteiger partial charge in [-0.25, -0.2) is 0 Å². The van der Waals surface area contributed by atoms with Crippen molar-refractivity contribution in [1.82, 2.24) is 0 Å². The lowest BCUT2D eigenvalue weighted by atomic mass is 10.2. The molecule has 3 heteroatoms. The molecular formula is C28H24NOP. The van der Waals surface area contributed by atoms with Crippen molar-refractivity contribution in [3.63, 3.8) is 0 Å². The number of benzene rings is 4. The number of ketones is 1. The molecule has 0 spiro atoms. The fourth-order valence-electron chi connectivity index (χ4n) is 3.48. The summed E-state index contributed by atoms with van der Waals surface area (Å²) in [5.41, 5.74) is 1.99. The molecule has 4 aromatic carbocycles. The van der Waals surface area contributed by atoms with E-state index in [4.69, 9.17) is 0 Å². The molecule has 0 aliphatic rings. The van der Waals surface area contributed by atoms with Crippen molar-refractivity contribution >= 4 is 41.0 Å². The van der Waals surface area contributed by atoms with Crippen molar-refractivity contribution in [2.75, 3.05) is 5.09 Å². The fraction of sp³-hybridized carbons (Fsp3) is 0. The first kappa shape index (κ1) is 20.7. The standard InChI is InChI=1S/C28H24NOP/c30-26(22-21-24-13-5-1-6-14-24)23-31(27-17-9-3-10-18-27,28-19-11-4-12-20-28)29-25-15-7-2-8-16-25/h1-23,29H/b22-21+. The Labute approximate surface area is 183 Å². The zero-order chi connectivity index (χ0) is 21.4. The van der Waals surface area contributed by atoms with E-state index in [-0.39, 0.29) is 5.78 Å². The molecule has 0 aliphatic heterocycles. The lowest BCUT2D eigenvalue weighted by molar-refractivity contribution is -0.108. The Morgan fingerprint density at radius 1 is 0.613 bits per heavy atom. The molecule has 0 fully saturated rings. The third kappa shape index (κ3) is 5.12. The molecule has 0 saturated heterocycles. The van der Waals surface area contributed by atoms with Gasteiger partial charge in [0, 0.05) is 18.5 Å². The number of para-hydroxylation sites is 1. The van der Waals surface area contributed by atoms with E-state index < -0.39 is 7.04 Å². The van der Waals surface area contributed by atoms with Crippen molar-refractivity contribution in [2.45, 2.75) is 0 Å². The van der Waals surface area contributed by atoms with E-state index >= 15 is 0 Å². The highest BCUT2D eigenvalue weighted by atomic mass is 31.2. The Kier molecular flexibility index (Phi) is 6.62. The zero-order valence-corrected chi connectivity index (χ0v) is 18.0. The first-order valence-corrected chi connectivity index (χ1v) is 12.1. The van der Waals surface area contributed by atoms with Gasteiger partial charge in [0.25, 0.3) is 0 Å². The molecule has 0 aromatic heterocycles. The number of hydrogen-bond acceptors (Lipinski definition) is 2. The smallest absolute Gasteiger partial charge is 0.181 e. The third-order valence-corrected chi connectivity index (χ3v) is 8.44. The van der Waals surface area contributed by atoms with Crippen LogP contribution in [0.15, 0.2) is 127 Å². The van der Waals surface area contributed by atoms with Crippen LogP contribution in [-0.2, 0) is 4.79 Å². The largest absolute Gasteiger partial charge is 0.359 e. The SMILES string of the molecule is O=C(C=P(Nc1ccccc1)(c1ccccc1)c1ccccc1)/C=C/c1ccccc1. The van der Waals surface area contributed by atoms with Crippen LogP contribution >= 0.6 is 7.04 Å². The number of nitrogens with one attached hydrogen (secondary N) is 1. The second kappa shape index (κ2) is 9.93. The van der Waals surface area contributed by atoms with E-state index in [0.29, 0.717) is 0 Å². The highest BCUT2D eigenvalue weighted by Crippen LogP contribution is 2.44. The van der Waals surface area contributed by atoms with Gasteiger partial charge in [0.05, 0.1) is 0 Å². The van der Waals surface area contributed by atoms with Crippen LogP contribution in [0.3, 0.4) is 0 Å². The molecule has 0 radical (unpaired) electrons. The predicted octanol–water partition coefficient (Wildman–Crippen LogP) is 5.77. The van der Waals surface area contributed by atoms with Gasteiger partial charge >= 0.3 is 0 Å². The van der Waals surface area contributed by atoms with Crippen molar-refractivity contribution in [1.29, 1.82) is 0 Å². The van der Waals surface area contributed by atoms with E-state index in [9.17, 15) is 4.79 Å². The van der Waals surface area contributed by atoms with Crippen LogP contribution in [0.25, 0.3) is 6.08 Å². The lowest BCUT2D eigenvalue weighted by Gasteiger charge is -2.29. The molecule has 0 atom stereocenters. The van der Waals surface area contributed by atoms with Crippen molar-refractivity contribution in [3.8, 4) is 0 Å². The average molecular weight is 421 g/mol. The number of hydrogen-bond donors (Lipinski definition) is 1. The van der Waals surface area contributed by atoms with E-state index in [1.807, 2.05) is 109 Å². The van der Waals surface area contributed by atoms with Crippen LogP contribution in [0.4, 0.5) is 5.69 Å². The zero-order valence-electron chi connectivity index (χ0n) is 17.1. The molecule has 0 heterocycles. The van der Waals surface area contributed by atoms with E-state index in [0.717, 1.165) is 21.9 Å². The Morgan fingerprint density at radius 3 is 1.58 bits per heavy atom. The molecule has 1 N–H and O–H groups in total. The Morgan fingerprint density at radius 2 is 1.06 bits per heavy atom. The Balaban J connectivity index is 1.87. The number of rotatable bonds is 7. The van der Waals surface area contributed by atoms with Crippen LogP contribution < -0.4 is 15.7 Å². The quantitative estimate of drug-likeness (QED) is 0.303. The maximum atomic E-state index is 13.2. The normalized spacial score (nSPS) is 11.2. The first-order chi connectivity index (χ1) is 15.3. The minimum Gasteiger partial charge on any atom is -0.359 e. The molecule has 0 saturated carbocycles. The van der Waals surface area contributed by atoms with Gasteiger partial charge < -0.3 is 5.09 Å². The number of carbonyl (C=O) groups excluding carboxylic acids is 1. The molecule has 4 aromatic rings. The van der Waals surface area contributed by atoms with Crippen LogP contribution in [-0.4, -0.2) is 11.6 Å². The van der Waals surface area contributed by atoms with Gasteiger partial charge in [-0.2, -0.15) is 0 Å². The summed E-state index contributed by atoms with van der Waals surface area (Å²) < 4.78 is 0. The van der Waals surface area contributed by atoms with Crippen molar-refractivity contribution in [3.05, 3.63) is 133 Å². The minimum absolute atomic E-state index is 0.0201. The molecule has 4 rings (SSSR count). The van der Waals surface area contributed by atoms with Gasteiger partial charge in [0.15, 0.2) is 5.78 Å². The third-order valence-electron chi connectivity index (χ3n) is 4.97. The van der Waals surface area contributed by atoms with Crippen molar-refractivity contribution in [2.24, 2.45) is 0 Å². The van der Waals surface area contributed by atoms with Gasteiger partial charge in [-0.15, -0.1) is 0 Å². The lowest BCUT2D eigenvalue weighted by Crippen LogP contribution is -2.25. The fourth-order valence-corrected chi connectivity index (χ4v) is 6.71. The van der Waals surface area contributed by atoms with E-state index in [1.54, 1.807) is 6.08 Å². The first-order valence-electron chi connectivity index (χ1n) is 10.2. The Bertz CT molecular complexity index is 1160. The summed E-state index contributed by atoms with van der Waals surface area (Å²) >= 11 is 0. The maximum Gasteiger partial charge on any atom is 0.181 e. The predicted molar refractivity (Wildman–Crippen MR) is 136 cm³/mol. The molecule has 0 unspecified atom stereocenters. The summed E-state index contributed by atoms with van der Waals surface area (Å²) in [5.74, 6) is 1.86. The summed E-state index contributed by atoms with van der Waals surface area (Å²) in [5, 5.41) is 5.96. The van der Waals surface area contributed by atoms with Crippen LogP contribution in [0.5, 0.6) is 0 Å². The average Bonchev–Trinajstić information content (AvgIpc) is 2.85. The maximum absolute atomic E-state index is 13.2. The van der Waals surface area contributed by atoms with E-state index in [1.165, 1.54) is 0 Å². The van der Waals surface area contributed by atoms with Gasteiger partial charge in [-0.1, -0.05) is 115 Å². The molecule has 2 nitrogen and oxygen atoms in total. The summed E-state index contributed by atoms with van der Waals surface area (Å²) in [7, 11) is -2.38. The molecular weight excluding hydrogens is 397 g/mol. The molecule has 0 bridgehead atoms. The van der Waals surface area contributed by atoms with Gasteiger partial charge in [0.1, 0.15) is 0 Å². The van der Waals surface area contributed by atoms with E-state index in [2.05, 4.69) is 29.4 Å². The van der Waals surface area contributed by atoms with Crippen LogP contribution in [0.1, 0.15) is 5.56 Å². The molecule has 31 heavy (non-hydrogen) atoms. The molecule has 0 aliphatic carbocycles. The summed E-state index contributed by atoms with van der Waals surface area (Å²) in [6, 6.07) is 40.5. The van der Waals surface area contributed by atoms with Gasteiger partial charge in [-0.05, 0) is 34.4 Å². The Hall–Kier alpha value is -3.61. The molecule has 152 valence electrons.